The van der Waals surface area contributed by atoms with Gasteiger partial charge in [0, 0.05) is 23.6 Å². The summed E-state index contributed by atoms with van der Waals surface area (Å²) in [6.07, 6.45) is 0.197. The molecule has 2 aromatic carbocycles. The Bertz CT molecular complexity index is 914. The first-order valence-corrected chi connectivity index (χ1v) is 8.53. The normalized spacial score (nSPS) is 19.5. The van der Waals surface area contributed by atoms with Gasteiger partial charge < -0.3 is 9.47 Å². The summed E-state index contributed by atoms with van der Waals surface area (Å²) in [5, 5.41) is 0. The molecular weight excluding hydrogens is 330 g/mol. The number of methoxy groups -OCH3 is 1. The average molecular weight is 349 g/mol. The highest BCUT2D eigenvalue weighted by Gasteiger charge is 2.43. The third-order valence-electron chi connectivity index (χ3n) is 4.92. The second kappa shape index (κ2) is 6.33. The van der Waals surface area contributed by atoms with E-state index in [1.807, 2.05) is 55.5 Å². The molecule has 0 bridgehead atoms. The van der Waals surface area contributed by atoms with Crippen LogP contribution in [0.1, 0.15) is 23.5 Å². The molecule has 1 atom stereocenters. The van der Waals surface area contributed by atoms with Gasteiger partial charge in [-0.25, -0.2) is 4.79 Å². The maximum Gasteiger partial charge on any atom is 0.336 e. The van der Waals surface area contributed by atoms with E-state index in [1.165, 1.54) is 0 Å². The lowest BCUT2D eigenvalue weighted by molar-refractivity contribution is -0.136. The number of benzene rings is 2. The SMILES string of the molecule is COc1ccccc1C1CC(=O)N(c2ccc(C)cc2)C2=C1C(=O)OC2. The van der Waals surface area contributed by atoms with Crippen LogP contribution in [0.3, 0.4) is 0 Å². The predicted molar refractivity (Wildman–Crippen MR) is 97.0 cm³/mol. The minimum atomic E-state index is -0.361. The number of esters is 1. The molecule has 0 aliphatic carbocycles. The van der Waals surface area contributed by atoms with Gasteiger partial charge in [0.25, 0.3) is 0 Å². The molecule has 0 saturated heterocycles. The van der Waals surface area contributed by atoms with E-state index < -0.39 is 0 Å². The topological polar surface area (TPSA) is 55.8 Å². The first-order chi connectivity index (χ1) is 12.6. The summed E-state index contributed by atoms with van der Waals surface area (Å²) in [6.45, 7) is 2.10. The van der Waals surface area contributed by atoms with Crippen molar-refractivity contribution in [3.8, 4) is 5.75 Å². The summed E-state index contributed by atoms with van der Waals surface area (Å²) in [4.78, 5) is 27.1. The molecule has 2 aliphatic rings. The Hall–Kier alpha value is -3.08. The third-order valence-corrected chi connectivity index (χ3v) is 4.92. The fraction of sp³-hybridized carbons (Fsp3) is 0.238. The van der Waals surface area contributed by atoms with Crippen molar-refractivity contribution >= 4 is 17.6 Å². The number of hydrogen-bond donors (Lipinski definition) is 0. The van der Waals surface area contributed by atoms with Crippen LogP contribution in [0.25, 0.3) is 0 Å². The fourth-order valence-corrected chi connectivity index (χ4v) is 3.67. The smallest absolute Gasteiger partial charge is 0.336 e. The first kappa shape index (κ1) is 16.4. The van der Waals surface area contributed by atoms with Gasteiger partial charge in [-0.1, -0.05) is 35.9 Å². The number of carbonyl (C=O) groups excluding carboxylic acids is 2. The van der Waals surface area contributed by atoms with Crippen LogP contribution in [0.15, 0.2) is 59.8 Å². The van der Waals surface area contributed by atoms with Crippen molar-refractivity contribution in [3.05, 3.63) is 70.9 Å². The summed E-state index contributed by atoms with van der Waals surface area (Å²) in [5.74, 6) is -0.103. The van der Waals surface area contributed by atoms with Crippen LogP contribution in [0, 0.1) is 6.92 Å². The molecule has 26 heavy (non-hydrogen) atoms. The molecule has 0 N–H and O–H groups in total. The molecule has 2 aliphatic heterocycles. The Morgan fingerprint density at radius 1 is 1.08 bits per heavy atom. The Morgan fingerprint density at radius 3 is 2.54 bits per heavy atom. The maximum atomic E-state index is 13.0. The molecule has 5 heteroatoms. The van der Waals surface area contributed by atoms with Gasteiger partial charge in [-0.3, -0.25) is 9.69 Å². The molecule has 1 amide bonds. The van der Waals surface area contributed by atoms with Crippen LogP contribution >= 0.6 is 0 Å². The number of hydrogen-bond acceptors (Lipinski definition) is 4. The lowest BCUT2D eigenvalue weighted by Gasteiger charge is -2.32. The van der Waals surface area contributed by atoms with Gasteiger partial charge in [0.1, 0.15) is 12.4 Å². The summed E-state index contributed by atoms with van der Waals surface area (Å²) in [6, 6.07) is 15.2. The maximum absolute atomic E-state index is 13.0. The summed E-state index contributed by atoms with van der Waals surface area (Å²) in [5.41, 5.74) is 3.88. The number of rotatable bonds is 3. The molecule has 5 nitrogen and oxygen atoms in total. The number of cyclic esters (lactones) is 1. The second-order valence-electron chi connectivity index (χ2n) is 6.50. The molecule has 0 radical (unpaired) electrons. The van der Waals surface area contributed by atoms with Gasteiger partial charge in [-0.05, 0) is 25.1 Å². The van der Waals surface area contributed by atoms with E-state index in [1.54, 1.807) is 12.0 Å². The Balaban J connectivity index is 1.84. The van der Waals surface area contributed by atoms with Gasteiger partial charge in [-0.2, -0.15) is 0 Å². The summed E-state index contributed by atoms with van der Waals surface area (Å²) < 4.78 is 10.7. The quantitative estimate of drug-likeness (QED) is 0.798. The van der Waals surface area contributed by atoms with Crippen molar-refractivity contribution in [1.82, 2.24) is 0 Å². The monoisotopic (exact) mass is 349 g/mol. The van der Waals surface area contributed by atoms with E-state index in [0.717, 1.165) is 16.8 Å². The van der Waals surface area contributed by atoms with Crippen molar-refractivity contribution in [3.63, 3.8) is 0 Å². The number of aryl methyl sites for hydroxylation is 1. The van der Waals surface area contributed by atoms with Crippen LogP contribution in [0.4, 0.5) is 5.69 Å². The number of para-hydroxylation sites is 1. The first-order valence-electron chi connectivity index (χ1n) is 8.53. The highest BCUT2D eigenvalue weighted by Crippen LogP contribution is 2.44. The zero-order valence-corrected chi connectivity index (χ0v) is 14.7. The third kappa shape index (κ3) is 2.56. The fourth-order valence-electron chi connectivity index (χ4n) is 3.67. The van der Waals surface area contributed by atoms with Crippen molar-refractivity contribution < 1.29 is 19.1 Å². The van der Waals surface area contributed by atoms with Gasteiger partial charge in [0.15, 0.2) is 0 Å². The van der Waals surface area contributed by atoms with Crippen molar-refractivity contribution in [1.29, 1.82) is 0 Å². The van der Waals surface area contributed by atoms with Crippen LogP contribution in [-0.2, 0) is 14.3 Å². The molecule has 2 aromatic rings. The molecule has 0 spiro atoms. The standard InChI is InChI=1S/C21H19NO4/c1-13-7-9-14(10-8-13)22-17-12-26-21(24)20(17)16(11-19(22)23)15-5-3-4-6-18(15)25-2/h3-10,16H,11-12H2,1-2H3. The molecule has 0 saturated carbocycles. The van der Waals surface area contributed by atoms with E-state index in [-0.39, 0.29) is 30.8 Å². The van der Waals surface area contributed by atoms with Crippen molar-refractivity contribution in [2.24, 2.45) is 0 Å². The van der Waals surface area contributed by atoms with E-state index >= 15 is 0 Å². The Kier molecular flexibility index (Phi) is 3.99. The zero-order valence-electron chi connectivity index (χ0n) is 14.7. The molecule has 0 aromatic heterocycles. The predicted octanol–water partition coefficient (Wildman–Crippen LogP) is 3.34. The summed E-state index contributed by atoms with van der Waals surface area (Å²) >= 11 is 0. The lowest BCUT2D eigenvalue weighted by atomic mass is 9.83. The number of anilines is 1. The van der Waals surface area contributed by atoms with Crippen LogP contribution in [-0.4, -0.2) is 25.6 Å². The van der Waals surface area contributed by atoms with Gasteiger partial charge in [0.2, 0.25) is 5.91 Å². The minimum absolute atomic E-state index is 0.0539. The molecular formula is C21H19NO4. The van der Waals surface area contributed by atoms with E-state index in [2.05, 4.69) is 0 Å². The van der Waals surface area contributed by atoms with Crippen molar-refractivity contribution in [2.45, 2.75) is 19.3 Å². The Labute approximate surface area is 151 Å². The number of carbonyl (C=O) groups is 2. The van der Waals surface area contributed by atoms with Gasteiger partial charge >= 0.3 is 5.97 Å². The number of nitrogens with zero attached hydrogens (tertiary/aromatic N) is 1. The van der Waals surface area contributed by atoms with Gasteiger partial charge in [0.05, 0.1) is 18.4 Å². The zero-order chi connectivity index (χ0) is 18.3. The van der Waals surface area contributed by atoms with E-state index in [0.29, 0.717) is 17.0 Å². The van der Waals surface area contributed by atoms with Crippen LogP contribution < -0.4 is 9.64 Å². The minimum Gasteiger partial charge on any atom is -0.496 e. The van der Waals surface area contributed by atoms with Crippen LogP contribution in [0.5, 0.6) is 5.75 Å². The highest BCUT2D eigenvalue weighted by atomic mass is 16.5. The molecule has 132 valence electrons. The highest BCUT2D eigenvalue weighted by molar-refractivity contribution is 6.06. The van der Waals surface area contributed by atoms with Crippen LogP contribution in [0.2, 0.25) is 0 Å². The summed E-state index contributed by atoms with van der Waals surface area (Å²) in [7, 11) is 1.59. The largest absolute Gasteiger partial charge is 0.496 e. The number of amides is 1. The molecule has 1 unspecified atom stereocenters. The molecule has 2 heterocycles. The van der Waals surface area contributed by atoms with E-state index in [4.69, 9.17) is 9.47 Å². The molecule has 0 fully saturated rings. The number of ether oxygens (including phenoxy) is 2. The molecule has 4 rings (SSSR count). The van der Waals surface area contributed by atoms with E-state index in [9.17, 15) is 9.59 Å². The lowest BCUT2D eigenvalue weighted by Crippen LogP contribution is -2.37. The van der Waals surface area contributed by atoms with Gasteiger partial charge in [-0.15, -0.1) is 0 Å². The second-order valence-corrected chi connectivity index (χ2v) is 6.50. The van der Waals surface area contributed by atoms with Crippen molar-refractivity contribution in [2.75, 3.05) is 18.6 Å². The average Bonchev–Trinajstić information content (AvgIpc) is 3.04. The Morgan fingerprint density at radius 2 is 1.81 bits per heavy atom.